The second kappa shape index (κ2) is 13.5. The third-order valence-electron chi connectivity index (χ3n) is 4.78. The molecule has 2 N–H and O–H groups in total. The number of thiazole rings is 1. The van der Waals surface area contributed by atoms with Crippen LogP contribution in [0.25, 0.3) is 0 Å². The highest BCUT2D eigenvalue weighted by Gasteiger charge is 2.20. The zero-order chi connectivity index (χ0) is 22.1. The van der Waals surface area contributed by atoms with E-state index in [1.54, 1.807) is 21.1 Å². The lowest BCUT2D eigenvalue weighted by atomic mass is 9.98. The first kappa shape index (κ1) is 27.2. The molecule has 0 saturated heterocycles. The Morgan fingerprint density at radius 1 is 1.26 bits per heavy atom. The lowest BCUT2D eigenvalue weighted by Gasteiger charge is -2.18. The van der Waals surface area contributed by atoms with Crippen molar-refractivity contribution in [1.29, 1.82) is 0 Å². The van der Waals surface area contributed by atoms with Gasteiger partial charge in [-0.05, 0) is 50.8 Å². The van der Waals surface area contributed by atoms with Crippen LogP contribution in [0.3, 0.4) is 0 Å². The summed E-state index contributed by atoms with van der Waals surface area (Å²) in [6, 6.07) is 8.10. The van der Waals surface area contributed by atoms with Crippen LogP contribution in [0.2, 0.25) is 0 Å². The average molecular weight is 561 g/mol. The van der Waals surface area contributed by atoms with Gasteiger partial charge < -0.3 is 20.1 Å². The Bertz CT molecular complexity index is 855. The standard InChI is InChI=1S/C22H32N4O3S.HI/c1-7-29-21(27)19-15(3)25-20(30-19)16(4)26-22(23-5)24-13-12-14(2)17-8-10-18(28-6)11-9-17;/h8-11,14,16H,7,12-13H2,1-6H3,(H2,23,24,26);1H. The molecule has 2 aromatic rings. The van der Waals surface area contributed by atoms with Crippen LogP contribution in [0.4, 0.5) is 0 Å². The molecule has 0 spiro atoms. The molecule has 1 aromatic heterocycles. The van der Waals surface area contributed by atoms with Crippen molar-refractivity contribution in [1.82, 2.24) is 15.6 Å². The number of carbonyl (C=O) groups is 1. The number of aliphatic imine (C=N–C) groups is 1. The maximum absolute atomic E-state index is 12.0. The topological polar surface area (TPSA) is 84.8 Å². The van der Waals surface area contributed by atoms with E-state index in [0.29, 0.717) is 29.1 Å². The minimum absolute atomic E-state index is 0. The van der Waals surface area contributed by atoms with Gasteiger partial charge in [-0.25, -0.2) is 9.78 Å². The summed E-state index contributed by atoms with van der Waals surface area (Å²) < 4.78 is 10.3. The number of guanidine groups is 1. The molecule has 0 bridgehead atoms. The number of nitrogens with zero attached hydrogens (tertiary/aromatic N) is 2. The Morgan fingerprint density at radius 2 is 1.94 bits per heavy atom. The first-order valence-electron chi connectivity index (χ1n) is 10.1. The number of rotatable bonds is 9. The van der Waals surface area contributed by atoms with Gasteiger partial charge in [0.15, 0.2) is 5.96 Å². The number of benzene rings is 1. The smallest absolute Gasteiger partial charge is 0.350 e. The summed E-state index contributed by atoms with van der Waals surface area (Å²) in [7, 11) is 3.42. The van der Waals surface area contributed by atoms with Crippen LogP contribution in [0.1, 0.15) is 65.1 Å². The molecule has 7 nitrogen and oxygen atoms in total. The largest absolute Gasteiger partial charge is 0.497 e. The molecule has 9 heteroatoms. The van der Waals surface area contributed by atoms with Crippen LogP contribution in [-0.2, 0) is 4.74 Å². The molecule has 0 saturated carbocycles. The minimum atomic E-state index is -0.319. The van der Waals surface area contributed by atoms with Gasteiger partial charge in [-0.3, -0.25) is 4.99 Å². The van der Waals surface area contributed by atoms with Crippen molar-refractivity contribution >= 4 is 47.2 Å². The summed E-state index contributed by atoms with van der Waals surface area (Å²) in [6.45, 7) is 8.96. The van der Waals surface area contributed by atoms with Crippen molar-refractivity contribution in [2.24, 2.45) is 4.99 Å². The maximum atomic E-state index is 12.0. The van der Waals surface area contributed by atoms with E-state index in [-0.39, 0.29) is 36.0 Å². The number of esters is 1. The van der Waals surface area contributed by atoms with Crippen LogP contribution in [-0.4, -0.2) is 44.2 Å². The highest BCUT2D eigenvalue weighted by molar-refractivity contribution is 14.0. The molecule has 1 aromatic carbocycles. The van der Waals surface area contributed by atoms with Crippen molar-refractivity contribution in [2.45, 2.75) is 46.1 Å². The van der Waals surface area contributed by atoms with Crippen LogP contribution >= 0.6 is 35.3 Å². The Hall–Kier alpha value is -1.88. The second-order valence-electron chi connectivity index (χ2n) is 7.02. The van der Waals surface area contributed by atoms with E-state index in [0.717, 1.165) is 23.7 Å². The number of ether oxygens (including phenoxy) is 2. The van der Waals surface area contributed by atoms with E-state index in [1.807, 2.05) is 26.0 Å². The van der Waals surface area contributed by atoms with Gasteiger partial charge >= 0.3 is 5.97 Å². The Labute approximate surface area is 206 Å². The Morgan fingerprint density at radius 3 is 2.52 bits per heavy atom. The number of hydrogen-bond acceptors (Lipinski definition) is 6. The van der Waals surface area contributed by atoms with Crippen LogP contribution < -0.4 is 15.4 Å². The van der Waals surface area contributed by atoms with Crippen molar-refractivity contribution in [2.75, 3.05) is 27.3 Å². The Kier molecular flexibility index (Phi) is 11.8. The number of aromatic nitrogens is 1. The zero-order valence-electron chi connectivity index (χ0n) is 19.0. The van der Waals surface area contributed by atoms with Gasteiger partial charge in [0, 0.05) is 13.6 Å². The van der Waals surface area contributed by atoms with Crippen LogP contribution in [0, 0.1) is 6.92 Å². The number of aryl methyl sites for hydroxylation is 1. The summed E-state index contributed by atoms with van der Waals surface area (Å²) in [5.41, 5.74) is 1.97. The number of nitrogens with one attached hydrogen (secondary N) is 2. The molecule has 0 fully saturated rings. The molecular formula is C22H33IN4O3S. The van der Waals surface area contributed by atoms with E-state index in [2.05, 4.69) is 39.7 Å². The highest BCUT2D eigenvalue weighted by atomic mass is 127. The molecule has 31 heavy (non-hydrogen) atoms. The molecule has 172 valence electrons. The average Bonchev–Trinajstić information content (AvgIpc) is 3.15. The quantitative estimate of drug-likeness (QED) is 0.201. The third kappa shape index (κ3) is 7.95. The van der Waals surface area contributed by atoms with Crippen molar-refractivity contribution < 1.29 is 14.3 Å². The number of carbonyl (C=O) groups excluding carboxylic acids is 1. The minimum Gasteiger partial charge on any atom is -0.497 e. The molecule has 2 unspecified atom stereocenters. The van der Waals surface area contributed by atoms with E-state index in [4.69, 9.17) is 9.47 Å². The summed E-state index contributed by atoms with van der Waals surface area (Å²) in [5.74, 6) is 1.66. The predicted octanol–water partition coefficient (Wildman–Crippen LogP) is 4.67. The molecule has 0 aliphatic carbocycles. The normalized spacial score (nSPS) is 13.0. The van der Waals surface area contributed by atoms with Gasteiger partial charge in [0.05, 0.1) is 25.5 Å². The van der Waals surface area contributed by atoms with Gasteiger partial charge in [-0.1, -0.05) is 19.1 Å². The number of hydrogen-bond donors (Lipinski definition) is 2. The molecule has 1 heterocycles. The number of methoxy groups -OCH3 is 1. The van der Waals surface area contributed by atoms with Crippen LogP contribution in [0.15, 0.2) is 29.3 Å². The lowest BCUT2D eigenvalue weighted by Crippen LogP contribution is -2.39. The van der Waals surface area contributed by atoms with Gasteiger partial charge in [-0.15, -0.1) is 35.3 Å². The third-order valence-corrected chi connectivity index (χ3v) is 6.10. The second-order valence-corrected chi connectivity index (χ2v) is 8.05. The SMILES string of the molecule is CCOC(=O)c1sc(C(C)NC(=NC)NCCC(C)c2ccc(OC)cc2)nc1C.I. The highest BCUT2D eigenvalue weighted by Crippen LogP contribution is 2.24. The first-order chi connectivity index (χ1) is 14.4. The van der Waals surface area contributed by atoms with Crippen molar-refractivity contribution in [3.63, 3.8) is 0 Å². The number of halogens is 1. The molecular weight excluding hydrogens is 527 g/mol. The molecule has 0 aliphatic heterocycles. The zero-order valence-corrected chi connectivity index (χ0v) is 22.2. The van der Waals surface area contributed by atoms with E-state index < -0.39 is 0 Å². The molecule has 0 amide bonds. The first-order valence-corrected chi connectivity index (χ1v) is 11.0. The van der Waals surface area contributed by atoms with Crippen LogP contribution in [0.5, 0.6) is 5.75 Å². The van der Waals surface area contributed by atoms with Gasteiger partial charge in [0.25, 0.3) is 0 Å². The fraction of sp³-hybridized carbons (Fsp3) is 0.500. The summed E-state index contributed by atoms with van der Waals surface area (Å²) in [4.78, 5) is 21.4. The molecule has 2 atom stereocenters. The summed E-state index contributed by atoms with van der Waals surface area (Å²) in [6.07, 6.45) is 0.963. The van der Waals surface area contributed by atoms with Crippen molar-refractivity contribution in [3.8, 4) is 5.75 Å². The van der Waals surface area contributed by atoms with Crippen molar-refractivity contribution in [3.05, 3.63) is 45.4 Å². The van der Waals surface area contributed by atoms with E-state index in [9.17, 15) is 4.79 Å². The lowest BCUT2D eigenvalue weighted by molar-refractivity contribution is 0.0531. The summed E-state index contributed by atoms with van der Waals surface area (Å²) in [5, 5.41) is 7.52. The van der Waals surface area contributed by atoms with E-state index in [1.165, 1.54) is 16.9 Å². The molecule has 0 aliphatic rings. The van der Waals surface area contributed by atoms with E-state index >= 15 is 0 Å². The summed E-state index contributed by atoms with van der Waals surface area (Å²) >= 11 is 1.36. The molecule has 2 rings (SSSR count). The van der Waals surface area contributed by atoms with Gasteiger partial charge in [0.2, 0.25) is 0 Å². The van der Waals surface area contributed by atoms with Gasteiger partial charge in [-0.2, -0.15) is 0 Å². The monoisotopic (exact) mass is 560 g/mol. The maximum Gasteiger partial charge on any atom is 0.350 e. The molecule has 0 radical (unpaired) electrons. The Balaban J connectivity index is 0.00000480. The fourth-order valence-corrected chi connectivity index (χ4v) is 3.92. The fourth-order valence-electron chi connectivity index (χ4n) is 2.96. The van der Waals surface area contributed by atoms with Gasteiger partial charge in [0.1, 0.15) is 15.6 Å². The predicted molar refractivity (Wildman–Crippen MR) is 137 cm³/mol.